The summed E-state index contributed by atoms with van der Waals surface area (Å²) in [6.45, 7) is 5.65. The van der Waals surface area contributed by atoms with Crippen molar-refractivity contribution in [2.75, 3.05) is 33.5 Å². The third-order valence-electron chi connectivity index (χ3n) is 2.60. The summed E-state index contributed by atoms with van der Waals surface area (Å²) in [5, 5.41) is 3.22. The molecule has 0 aromatic rings. The maximum Gasteiger partial charge on any atom is 0.0619 e. The average molecular weight is 187 g/mol. The van der Waals surface area contributed by atoms with Crippen LogP contribution in [0.1, 0.15) is 19.8 Å². The minimum Gasteiger partial charge on any atom is -0.381 e. The molecule has 13 heavy (non-hydrogen) atoms. The zero-order valence-corrected chi connectivity index (χ0v) is 8.71. The Morgan fingerprint density at radius 1 is 1.62 bits per heavy atom. The Hall–Kier alpha value is -0.120. The first-order valence-electron chi connectivity index (χ1n) is 5.19. The fourth-order valence-corrected chi connectivity index (χ4v) is 1.50. The summed E-state index contributed by atoms with van der Waals surface area (Å²) in [6.07, 6.45) is 2.29. The Morgan fingerprint density at radius 3 is 3.00 bits per heavy atom. The first-order chi connectivity index (χ1) is 6.36. The summed E-state index contributed by atoms with van der Waals surface area (Å²) in [5.41, 5.74) is 0. The highest BCUT2D eigenvalue weighted by Crippen LogP contribution is 2.12. The predicted octanol–water partition coefficient (Wildman–Crippen LogP) is 1.04. The maximum absolute atomic E-state index is 5.62. The highest BCUT2D eigenvalue weighted by atomic mass is 16.5. The van der Waals surface area contributed by atoms with E-state index in [4.69, 9.17) is 9.47 Å². The molecule has 3 heteroatoms. The Labute approximate surface area is 80.8 Å². The van der Waals surface area contributed by atoms with Gasteiger partial charge in [0.15, 0.2) is 0 Å². The predicted molar refractivity (Wildman–Crippen MR) is 52.9 cm³/mol. The highest BCUT2D eigenvalue weighted by Gasteiger charge is 2.15. The molecule has 1 saturated heterocycles. The Bertz CT molecular complexity index is 118. The van der Waals surface area contributed by atoms with Crippen molar-refractivity contribution in [3.05, 3.63) is 0 Å². The van der Waals surface area contributed by atoms with Crippen molar-refractivity contribution in [3.63, 3.8) is 0 Å². The molecule has 2 unspecified atom stereocenters. The second kappa shape index (κ2) is 6.35. The second-order valence-corrected chi connectivity index (χ2v) is 3.66. The zero-order valence-electron chi connectivity index (χ0n) is 8.71. The van der Waals surface area contributed by atoms with Crippen LogP contribution in [0, 0.1) is 5.92 Å². The van der Waals surface area contributed by atoms with E-state index in [1.807, 2.05) is 7.05 Å². The summed E-state index contributed by atoms with van der Waals surface area (Å²) in [7, 11) is 1.98. The van der Waals surface area contributed by atoms with Crippen LogP contribution < -0.4 is 5.32 Å². The Balaban J connectivity index is 1.98. The first-order valence-corrected chi connectivity index (χ1v) is 5.19. The molecule has 0 bridgehead atoms. The zero-order chi connectivity index (χ0) is 9.52. The van der Waals surface area contributed by atoms with E-state index in [9.17, 15) is 0 Å². The fraction of sp³-hybridized carbons (Fsp3) is 1.00. The number of hydrogen-bond donors (Lipinski definition) is 1. The van der Waals surface area contributed by atoms with Gasteiger partial charge in [0, 0.05) is 18.6 Å². The number of ether oxygens (including phenoxy) is 2. The van der Waals surface area contributed by atoms with Crippen LogP contribution in [0.5, 0.6) is 0 Å². The van der Waals surface area contributed by atoms with Gasteiger partial charge in [-0.2, -0.15) is 0 Å². The van der Waals surface area contributed by atoms with Gasteiger partial charge in [0.2, 0.25) is 0 Å². The molecule has 1 N–H and O–H groups in total. The van der Waals surface area contributed by atoms with Gasteiger partial charge in [-0.05, 0) is 19.9 Å². The molecule has 3 nitrogen and oxygen atoms in total. The molecule has 0 saturated carbocycles. The van der Waals surface area contributed by atoms with Crippen molar-refractivity contribution < 1.29 is 9.47 Å². The van der Waals surface area contributed by atoms with Crippen molar-refractivity contribution in [1.82, 2.24) is 5.32 Å². The standard InChI is InChI=1S/C10H21NO2/c1-3-10(11-2)8-13-7-9-4-5-12-6-9/h9-11H,3-8H2,1-2H3. The molecule has 0 radical (unpaired) electrons. The summed E-state index contributed by atoms with van der Waals surface area (Å²) >= 11 is 0. The van der Waals surface area contributed by atoms with E-state index in [-0.39, 0.29) is 0 Å². The topological polar surface area (TPSA) is 30.5 Å². The molecule has 0 aromatic heterocycles. The summed E-state index contributed by atoms with van der Waals surface area (Å²) in [5.74, 6) is 0.634. The van der Waals surface area contributed by atoms with Gasteiger partial charge in [0.1, 0.15) is 0 Å². The molecule has 0 aliphatic carbocycles. The van der Waals surface area contributed by atoms with Crippen molar-refractivity contribution in [2.45, 2.75) is 25.8 Å². The van der Waals surface area contributed by atoms with Crippen LogP contribution in [0.15, 0.2) is 0 Å². The quantitative estimate of drug-likeness (QED) is 0.674. The normalized spacial score (nSPS) is 24.9. The molecular formula is C10H21NO2. The third-order valence-corrected chi connectivity index (χ3v) is 2.60. The molecule has 1 aliphatic rings. The smallest absolute Gasteiger partial charge is 0.0619 e. The van der Waals surface area contributed by atoms with E-state index >= 15 is 0 Å². The monoisotopic (exact) mass is 187 g/mol. The third kappa shape index (κ3) is 4.07. The Kier molecular flexibility index (Phi) is 5.35. The molecule has 78 valence electrons. The summed E-state index contributed by atoms with van der Waals surface area (Å²) in [4.78, 5) is 0. The number of rotatable bonds is 6. The van der Waals surface area contributed by atoms with Crippen LogP contribution in [0.25, 0.3) is 0 Å². The van der Waals surface area contributed by atoms with Gasteiger partial charge < -0.3 is 14.8 Å². The first kappa shape index (κ1) is 11.0. The van der Waals surface area contributed by atoms with Gasteiger partial charge in [-0.1, -0.05) is 6.92 Å². The fourth-order valence-electron chi connectivity index (χ4n) is 1.50. The van der Waals surface area contributed by atoms with Crippen molar-refractivity contribution >= 4 is 0 Å². The lowest BCUT2D eigenvalue weighted by Gasteiger charge is -2.15. The average Bonchev–Trinajstić information content (AvgIpc) is 2.65. The van der Waals surface area contributed by atoms with E-state index in [2.05, 4.69) is 12.2 Å². The lowest BCUT2D eigenvalue weighted by Crippen LogP contribution is -2.30. The van der Waals surface area contributed by atoms with Gasteiger partial charge in [-0.3, -0.25) is 0 Å². The van der Waals surface area contributed by atoms with Crippen LogP contribution in [0.2, 0.25) is 0 Å². The molecule has 0 aromatic carbocycles. The summed E-state index contributed by atoms with van der Waals surface area (Å²) < 4.78 is 10.9. The van der Waals surface area contributed by atoms with Crippen molar-refractivity contribution in [2.24, 2.45) is 5.92 Å². The van der Waals surface area contributed by atoms with Crippen LogP contribution in [0.3, 0.4) is 0 Å². The summed E-state index contributed by atoms with van der Waals surface area (Å²) in [6, 6.07) is 0.502. The lowest BCUT2D eigenvalue weighted by atomic mass is 10.1. The molecule has 1 fully saturated rings. The van der Waals surface area contributed by atoms with Gasteiger partial charge in [0.25, 0.3) is 0 Å². The van der Waals surface area contributed by atoms with Gasteiger partial charge in [-0.15, -0.1) is 0 Å². The van der Waals surface area contributed by atoms with E-state index in [1.165, 1.54) is 0 Å². The van der Waals surface area contributed by atoms with E-state index in [0.29, 0.717) is 12.0 Å². The molecule has 1 rings (SSSR count). The molecule has 2 atom stereocenters. The number of nitrogens with one attached hydrogen (secondary N) is 1. The largest absolute Gasteiger partial charge is 0.381 e. The molecule has 1 aliphatic heterocycles. The van der Waals surface area contributed by atoms with Gasteiger partial charge in [-0.25, -0.2) is 0 Å². The van der Waals surface area contributed by atoms with Crippen LogP contribution in [-0.4, -0.2) is 39.5 Å². The molecule has 0 amide bonds. The minimum atomic E-state index is 0.502. The van der Waals surface area contributed by atoms with Crippen molar-refractivity contribution in [3.8, 4) is 0 Å². The molecular weight excluding hydrogens is 166 g/mol. The molecule has 1 heterocycles. The van der Waals surface area contributed by atoms with Crippen LogP contribution in [-0.2, 0) is 9.47 Å². The number of hydrogen-bond acceptors (Lipinski definition) is 3. The van der Waals surface area contributed by atoms with E-state index < -0.39 is 0 Å². The second-order valence-electron chi connectivity index (χ2n) is 3.66. The maximum atomic E-state index is 5.62. The van der Waals surface area contributed by atoms with E-state index in [1.54, 1.807) is 0 Å². The SMILES string of the molecule is CCC(COCC1CCOC1)NC. The molecule has 0 spiro atoms. The number of likely N-dealkylation sites (N-methyl/N-ethyl adjacent to an activating group) is 1. The van der Waals surface area contributed by atoms with Crippen LogP contribution in [0.4, 0.5) is 0 Å². The lowest BCUT2D eigenvalue weighted by molar-refractivity contribution is 0.0752. The van der Waals surface area contributed by atoms with Gasteiger partial charge >= 0.3 is 0 Å². The van der Waals surface area contributed by atoms with Crippen molar-refractivity contribution in [1.29, 1.82) is 0 Å². The van der Waals surface area contributed by atoms with E-state index in [0.717, 1.165) is 39.3 Å². The highest BCUT2D eigenvalue weighted by molar-refractivity contribution is 4.65. The minimum absolute atomic E-state index is 0.502. The Morgan fingerprint density at radius 2 is 2.46 bits per heavy atom. The van der Waals surface area contributed by atoms with Crippen LogP contribution >= 0.6 is 0 Å². The van der Waals surface area contributed by atoms with Gasteiger partial charge in [0.05, 0.1) is 19.8 Å².